The molecule has 7 aliphatic heterocycles. The van der Waals surface area contributed by atoms with Gasteiger partial charge in [-0.25, -0.2) is 16.8 Å². The minimum atomic E-state index is -3.27. The van der Waals surface area contributed by atoms with E-state index in [1.807, 2.05) is 93.8 Å². The number of benzene rings is 5. The molecule has 0 radical (unpaired) electrons. The topological polar surface area (TPSA) is 290 Å². The van der Waals surface area contributed by atoms with Crippen LogP contribution in [-0.4, -0.2) is 336 Å². The lowest BCUT2D eigenvalue weighted by molar-refractivity contribution is -0.120. The van der Waals surface area contributed by atoms with E-state index in [1.165, 1.54) is 10.6 Å². The Morgan fingerprint density at radius 2 is 0.643 bits per heavy atom. The van der Waals surface area contributed by atoms with Crippen LogP contribution in [0.1, 0.15) is 27.8 Å². The maximum Gasteiger partial charge on any atom is 0.240 e. The molecule has 0 bridgehead atoms. The van der Waals surface area contributed by atoms with Gasteiger partial charge in [-0.2, -0.15) is 0 Å². The molecule has 34 heteroatoms. The summed E-state index contributed by atoms with van der Waals surface area (Å²) in [7, 11) is 10.8. The number of methoxy groups -OCH3 is 5. The summed E-state index contributed by atoms with van der Waals surface area (Å²) in [6.07, 6.45) is 2.33. The molecule has 12 rings (SSSR count). The fraction of sp³-hybridized carbons (Fsp3) is 0.593. The van der Waals surface area contributed by atoms with E-state index in [0.717, 1.165) is 211 Å². The largest absolute Gasteiger partial charge is 0.380 e. The first kappa shape index (κ1) is 92.9. The summed E-state index contributed by atoms with van der Waals surface area (Å²) in [5.41, 5.74) is 14.6. The van der Waals surface area contributed by atoms with Crippen LogP contribution in [0.2, 0.25) is 0 Å². The Labute approximate surface area is 681 Å². The molecule has 5 aromatic rings. The number of ether oxygens (including phenoxy) is 12. The van der Waals surface area contributed by atoms with Gasteiger partial charge < -0.3 is 101 Å². The third-order valence-electron chi connectivity index (χ3n) is 20.0. The summed E-state index contributed by atoms with van der Waals surface area (Å²) in [4.78, 5) is 58.1. The highest BCUT2D eigenvalue weighted by Gasteiger charge is 2.26. The summed E-state index contributed by atoms with van der Waals surface area (Å²) in [5.74, 6) is 0.163. The average Bonchev–Trinajstić information content (AvgIpc) is 0.813. The molecule has 5 aromatic carbocycles. The highest BCUT2D eigenvalue weighted by atomic mass is 32.2. The number of nitrogens with one attached hydrogen (secondary N) is 2. The van der Waals surface area contributed by atoms with Gasteiger partial charge in [0.15, 0.2) is 0 Å². The number of hydrogen-bond acceptors (Lipinski definition) is 27. The second-order valence-electron chi connectivity index (χ2n) is 28.9. The molecule has 7 saturated heterocycles. The molecular weight excluding hydrogens is 1520 g/mol. The Morgan fingerprint density at radius 1 is 0.365 bits per heavy atom. The predicted molar refractivity (Wildman–Crippen MR) is 451 cm³/mol. The van der Waals surface area contributed by atoms with Gasteiger partial charge >= 0.3 is 0 Å². The van der Waals surface area contributed by atoms with Gasteiger partial charge in [0.2, 0.25) is 37.8 Å². The van der Waals surface area contributed by atoms with Crippen LogP contribution < -0.4 is 48.6 Å². The first-order chi connectivity index (χ1) is 55.4. The number of amides is 3. The van der Waals surface area contributed by atoms with Crippen LogP contribution >= 0.6 is 0 Å². The van der Waals surface area contributed by atoms with Crippen molar-refractivity contribution in [2.45, 2.75) is 33.0 Å². The molecule has 0 unspecified atom stereocenters. The first-order valence-corrected chi connectivity index (χ1v) is 42.9. The average molecular weight is 1650 g/mol. The molecule has 640 valence electrons. The summed E-state index contributed by atoms with van der Waals surface area (Å²) in [5, 5.41) is 3.00. The van der Waals surface area contributed by atoms with E-state index < -0.39 is 20.0 Å². The molecule has 3 amide bonds. The van der Waals surface area contributed by atoms with Crippen molar-refractivity contribution in [2.24, 2.45) is 0 Å². The number of likely N-dealkylation sites (N-methyl/N-ethyl adjacent to an activating group) is 3. The van der Waals surface area contributed by atoms with Gasteiger partial charge in [0.1, 0.15) is 0 Å². The lowest BCUT2D eigenvalue weighted by Gasteiger charge is -2.31. The number of hydrogen-bond donors (Lipinski definition) is 2. The van der Waals surface area contributed by atoms with Crippen LogP contribution in [0.3, 0.4) is 0 Å². The highest BCUT2D eigenvalue weighted by Crippen LogP contribution is 2.33. The predicted octanol–water partition coefficient (Wildman–Crippen LogP) is 5.21. The second-order valence-corrected chi connectivity index (χ2v) is 32.6. The molecule has 0 saturated carbocycles. The van der Waals surface area contributed by atoms with E-state index in [2.05, 4.69) is 68.6 Å². The SMILES string of the molecule is COCc1cc(N(C)C(=O)CN(C)C)ccc1N1CCOCC1.COCc1cc(N(C)C(=O)CN2CCOCC2)ccc1N1CCOCC1.COCc1cc(N(C)S(C)(=O)=O)ccc1N1CCOCC1.COCc1cc(NC(=O)CN2CCOCC2)ccc1N1CCOCC1.COCc1cc(NS(C)(=O)=O)ccc1N1CCOCC1. The highest BCUT2D eigenvalue weighted by molar-refractivity contribution is 7.92. The number of anilines is 10. The molecule has 115 heavy (non-hydrogen) atoms. The standard InChI is InChI=1S/C19H29N3O4.C18H27N3O4.C17H27N3O3.C14H22N2O4S.C13H20N2O4S/c1-20(19(23)14-21-5-9-25-10-6-21)17-3-4-18(16(13-17)15-24-2)22-7-11-26-12-8-22;1-23-14-15-12-16(2-3-17(15)21-6-10-25-11-7-21)19-18(22)13-20-4-8-24-9-5-20;1-18(2)12-17(21)19(3)15-5-6-16(14(11-15)13-22-4)20-7-9-23-10-8-20;1-15(21(3,17)18)13-4-5-14(12(10-13)11-19-2)16-6-8-20-9-7-16;1-18-10-11-9-12(14-20(2,16)17)3-4-13(11)15-5-7-19-8-6-15/h3-4,13H,5-12,14-15H2,1-2H3;2-3,12H,4-11,13-14H2,1H3,(H,19,22);5-6,11H,7-10,12-13H2,1-4H3;4-5,10H,6-9,11H2,1-3H3;3-4,9,14H,5-8,10H2,1-2H3. The molecule has 0 aliphatic carbocycles. The minimum absolute atomic E-state index is 0.00406. The zero-order valence-electron chi connectivity index (χ0n) is 69.6. The van der Waals surface area contributed by atoms with E-state index in [4.69, 9.17) is 56.8 Å². The summed E-state index contributed by atoms with van der Waals surface area (Å²) < 4.78 is 114. The van der Waals surface area contributed by atoms with E-state index >= 15 is 0 Å². The van der Waals surface area contributed by atoms with Crippen LogP contribution in [0.5, 0.6) is 0 Å². The van der Waals surface area contributed by atoms with Gasteiger partial charge in [-0.15, -0.1) is 0 Å². The van der Waals surface area contributed by atoms with Gasteiger partial charge in [-0.05, 0) is 105 Å². The van der Waals surface area contributed by atoms with E-state index in [9.17, 15) is 31.2 Å². The third-order valence-corrected chi connectivity index (χ3v) is 21.8. The first-order valence-electron chi connectivity index (χ1n) is 39.1. The molecule has 7 fully saturated rings. The molecule has 0 aromatic heterocycles. The number of carbonyl (C=O) groups is 3. The van der Waals surface area contributed by atoms with E-state index in [-0.39, 0.29) is 17.7 Å². The van der Waals surface area contributed by atoms with Crippen molar-refractivity contribution >= 4 is 94.6 Å². The fourth-order valence-corrected chi connectivity index (χ4v) is 14.9. The zero-order valence-corrected chi connectivity index (χ0v) is 71.2. The fourth-order valence-electron chi connectivity index (χ4n) is 13.9. The Bertz CT molecular complexity index is 4020. The van der Waals surface area contributed by atoms with Crippen molar-refractivity contribution in [3.63, 3.8) is 0 Å². The van der Waals surface area contributed by atoms with Crippen molar-refractivity contribution in [1.29, 1.82) is 0 Å². The lowest BCUT2D eigenvalue weighted by atomic mass is 10.1. The maximum absolute atomic E-state index is 12.7. The smallest absolute Gasteiger partial charge is 0.240 e. The lowest BCUT2D eigenvalue weighted by Crippen LogP contribution is -2.43. The molecule has 0 spiro atoms. The van der Waals surface area contributed by atoms with Gasteiger partial charge in [-0.3, -0.25) is 33.2 Å². The molecule has 32 nitrogen and oxygen atoms in total. The van der Waals surface area contributed by atoms with Crippen molar-refractivity contribution in [2.75, 3.05) is 336 Å². The quantitative estimate of drug-likeness (QED) is 0.0650. The van der Waals surface area contributed by atoms with Crippen LogP contribution in [0.4, 0.5) is 56.9 Å². The molecule has 0 atom stereocenters. The molecule has 2 N–H and O–H groups in total. The Hall–Kier alpha value is -7.59. The maximum atomic E-state index is 12.7. The number of nitrogens with zero attached hydrogens (tertiary/aromatic N) is 11. The summed E-state index contributed by atoms with van der Waals surface area (Å²) in [6.45, 7) is 25.5. The Kier molecular flexibility index (Phi) is 39.0. The van der Waals surface area contributed by atoms with Crippen LogP contribution in [0, 0.1) is 0 Å². The zero-order chi connectivity index (χ0) is 82.7. The molecule has 7 heterocycles. The molecule has 7 aliphatic rings. The number of carbonyl (C=O) groups excluding carboxylic acids is 3. The van der Waals surface area contributed by atoms with Crippen molar-refractivity contribution in [3.8, 4) is 0 Å². The number of rotatable bonds is 28. The monoisotopic (exact) mass is 1650 g/mol. The summed E-state index contributed by atoms with van der Waals surface area (Å²) >= 11 is 0. The van der Waals surface area contributed by atoms with Crippen molar-refractivity contribution < 1.29 is 88.1 Å². The number of morpholine rings is 7. The van der Waals surface area contributed by atoms with Gasteiger partial charge in [0, 0.05) is 227 Å². The normalized spacial score (nSPS) is 17.1. The van der Waals surface area contributed by atoms with Crippen LogP contribution in [0.25, 0.3) is 0 Å². The number of sulfonamides is 2. The molecular formula is C81H125N13O19S2. The van der Waals surface area contributed by atoms with E-state index in [1.54, 1.807) is 58.5 Å². The van der Waals surface area contributed by atoms with Gasteiger partial charge in [0.25, 0.3) is 0 Å². The van der Waals surface area contributed by atoms with Gasteiger partial charge in [0.05, 0.1) is 163 Å². The van der Waals surface area contributed by atoms with Crippen molar-refractivity contribution in [3.05, 3.63) is 119 Å². The van der Waals surface area contributed by atoms with Crippen LogP contribution in [0.15, 0.2) is 91.0 Å². The third kappa shape index (κ3) is 30.4. The van der Waals surface area contributed by atoms with Crippen molar-refractivity contribution in [1.82, 2.24) is 14.7 Å². The van der Waals surface area contributed by atoms with E-state index in [0.29, 0.717) is 117 Å². The summed E-state index contributed by atoms with van der Waals surface area (Å²) in [6, 6.07) is 29.5. The Balaban J connectivity index is 0.000000180. The Morgan fingerprint density at radius 3 is 0.965 bits per heavy atom. The van der Waals surface area contributed by atoms with Crippen LogP contribution in [-0.2, 0) is 124 Å². The van der Waals surface area contributed by atoms with Gasteiger partial charge in [-0.1, -0.05) is 0 Å². The minimum Gasteiger partial charge on any atom is -0.380 e. The second kappa shape index (κ2) is 48.3.